The van der Waals surface area contributed by atoms with E-state index in [1.54, 1.807) is 5.06 Å². The first-order chi connectivity index (χ1) is 3.85. The van der Waals surface area contributed by atoms with Gasteiger partial charge in [-0.1, -0.05) is 19.7 Å². The third-order valence-electron chi connectivity index (χ3n) is 0.722. The van der Waals surface area contributed by atoms with Crippen LogP contribution in [0, 0.1) is 13.8 Å². The van der Waals surface area contributed by atoms with Gasteiger partial charge in [-0.3, -0.25) is 0 Å². The molecule has 1 radical (unpaired) electrons. The standard InChI is InChI=1S/C6H11NO.V/c1-4-7(5-2)8-6-3;/h6H,1-5H2;/q-2;+2. The first-order valence-corrected chi connectivity index (χ1v) is 2.46. The summed E-state index contributed by atoms with van der Waals surface area (Å²) in [4.78, 5) is 4.81. The van der Waals surface area contributed by atoms with Crippen LogP contribution in [0.2, 0.25) is 0 Å². The van der Waals surface area contributed by atoms with E-state index in [1.807, 2.05) is 0 Å². The van der Waals surface area contributed by atoms with Crippen LogP contribution in [0.15, 0.2) is 12.8 Å². The fourth-order valence-corrected chi connectivity index (χ4v) is 0.323. The summed E-state index contributed by atoms with van der Waals surface area (Å²) in [6.07, 6.45) is 1.36. The SMILES string of the molecule is C=CON(C[CH2-])C[CH2-].[V+2]. The Morgan fingerprint density at radius 3 is 2.00 bits per heavy atom. The zero-order valence-corrected chi connectivity index (χ0v) is 6.81. The van der Waals surface area contributed by atoms with Crippen LogP contribution in [0.5, 0.6) is 0 Å². The summed E-state index contributed by atoms with van der Waals surface area (Å²) in [5.74, 6) is 0. The van der Waals surface area contributed by atoms with Crippen molar-refractivity contribution in [2.24, 2.45) is 0 Å². The predicted molar refractivity (Wildman–Crippen MR) is 33.6 cm³/mol. The Kier molecular flexibility index (Phi) is 10.6. The zero-order chi connectivity index (χ0) is 6.41. The molecule has 0 aliphatic rings. The average Bonchev–Trinajstić information content (AvgIpc) is 1.83. The van der Waals surface area contributed by atoms with Crippen molar-refractivity contribution >= 4 is 0 Å². The maximum Gasteiger partial charge on any atom is 2.00 e. The Bertz CT molecular complexity index is 64.1. The molecule has 0 heterocycles. The molecule has 0 N–H and O–H groups in total. The van der Waals surface area contributed by atoms with E-state index in [0.717, 1.165) is 0 Å². The monoisotopic (exact) mass is 164 g/mol. The maximum atomic E-state index is 4.81. The van der Waals surface area contributed by atoms with Crippen molar-refractivity contribution in [2.45, 2.75) is 0 Å². The Morgan fingerprint density at radius 2 is 1.89 bits per heavy atom. The fraction of sp³-hybridized carbons (Fsp3) is 0.333. The molecule has 0 aliphatic heterocycles. The molecule has 0 rings (SSSR count). The van der Waals surface area contributed by atoms with Crippen LogP contribution in [-0.2, 0) is 23.4 Å². The van der Waals surface area contributed by atoms with Gasteiger partial charge in [-0.2, -0.15) is 0 Å². The number of hydroxylamine groups is 2. The molecule has 0 spiro atoms. The van der Waals surface area contributed by atoms with Gasteiger partial charge in [-0.15, -0.1) is 0 Å². The van der Waals surface area contributed by atoms with Crippen molar-refractivity contribution in [2.75, 3.05) is 13.1 Å². The van der Waals surface area contributed by atoms with E-state index in [4.69, 9.17) is 4.84 Å². The zero-order valence-electron chi connectivity index (χ0n) is 5.42. The average molecular weight is 164 g/mol. The Morgan fingerprint density at radius 1 is 1.44 bits per heavy atom. The van der Waals surface area contributed by atoms with E-state index in [1.165, 1.54) is 6.26 Å². The molecule has 0 aromatic rings. The van der Waals surface area contributed by atoms with Crippen molar-refractivity contribution in [3.05, 3.63) is 26.7 Å². The molecule has 3 heteroatoms. The second-order valence-electron chi connectivity index (χ2n) is 1.20. The van der Waals surface area contributed by atoms with E-state index < -0.39 is 0 Å². The minimum absolute atomic E-state index is 0. The Balaban J connectivity index is 0. The van der Waals surface area contributed by atoms with Gasteiger partial charge in [0, 0.05) is 0 Å². The molecule has 0 saturated carbocycles. The molecular formula is C6H11NOV. The van der Waals surface area contributed by atoms with E-state index >= 15 is 0 Å². The van der Waals surface area contributed by atoms with Crippen molar-refractivity contribution < 1.29 is 23.4 Å². The normalized spacial score (nSPS) is 8.33. The van der Waals surface area contributed by atoms with E-state index in [0.29, 0.717) is 13.1 Å². The summed E-state index contributed by atoms with van der Waals surface area (Å²) in [5.41, 5.74) is 0. The van der Waals surface area contributed by atoms with E-state index in [2.05, 4.69) is 20.4 Å². The second kappa shape index (κ2) is 8.08. The van der Waals surface area contributed by atoms with Crippen molar-refractivity contribution in [1.29, 1.82) is 0 Å². The van der Waals surface area contributed by atoms with Gasteiger partial charge in [0.15, 0.2) is 0 Å². The van der Waals surface area contributed by atoms with Gasteiger partial charge in [0.1, 0.15) is 6.26 Å². The number of rotatable bonds is 4. The molecule has 0 bridgehead atoms. The second-order valence-corrected chi connectivity index (χ2v) is 1.20. The molecule has 0 saturated heterocycles. The van der Waals surface area contributed by atoms with Crippen LogP contribution in [0.3, 0.4) is 0 Å². The number of hydrogen-bond donors (Lipinski definition) is 0. The molecule has 2 nitrogen and oxygen atoms in total. The molecule has 0 aliphatic carbocycles. The largest absolute Gasteiger partial charge is 2.00 e. The summed E-state index contributed by atoms with van der Waals surface area (Å²) in [7, 11) is 0. The van der Waals surface area contributed by atoms with Crippen molar-refractivity contribution in [1.82, 2.24) is 5.06 Å². The topological polar surface area (TPSA) is 12.5 Å². The van der Waals surface area contributed by atoms with Crippen LogP contribution in [0.25, 0.3) is 0 Å². The summed E-state index contributed by atoms with van der Waals surface area (Å²) < 4.78 is 0. The third-order valence-corrected chi connectivity index (χ3v) is 0.722. The molecule has 0 amide bonds. The first kappa shape index (κ1) is 11.8. The molecule has 0 atom stereocenters. The molecular weight excluding hydrogens is 153 g/mol. The minimum Gasteiger partial charge on any atom is -0.419 e. The molecule has 0 aromatic heterocycles. The van der Waals surface area contributed by atoms with E-state index in [-0.39, 0.29) is 18.6 Å². The maximum absolute atomic E-state index is 4.81. The van der Waals surface area contributed by atoms with Gasteiger partial charge < -0.3 is 18.7 Å². The van der Waals surface area contributed by atoms with Gasteiger partial charge in [0.2, 0.25) is 0 Å². The van der Waals surface area contributed by atoms with Crippen molar-refractivity contribution in [3.8, 4) is 0 Å². The number of hydrogen-bond acceptors (Lipinski definition) is 2. The van der Waals surface area contributed by atoms with Gasteiger partial charge in [-0.05, 0) is 0 Å². The predicted octanol–water partition coefficient (Wildman–Crippen LogP) is 1.03. The molecule has 0 fully saturated rings. The van der Waals surface area contributed by atoms with E-state index in [9.17, 15) is 0 Å². The van der Waals surface area contributed by atoms with Crippen LogP contribution in [-0.4, -0.2) is 18.2 Å². The smallest absolute Gasteiger partial charge is 0.419 e. The van der Waals surface area contributed by atoms with Gasteiger partial charge in [0.05, 0.1) is 0 Å². The summed E-state index contributed by atoms with van der Waals surface area (Å²) >= 11 is 0. The first-order valence-electron chi connectivity index (χ1n) is 2.46. The third kappa shape index (κ3) is 5.96. The van der Waals surface area contributed by atoms with Crippen LogP contribution >= 0.6 is 0 Å². The summed E-state index contributed by atoms with van der Waals surface area (Å²) in [6.45, 7) is 11.7. The van der Waals surface area contributed by atoms with Gasteiger partial charge in [-0.25, -0.2) is 5.06 Å². The summed E-state index contributed by atoms with van der Waals surface area (Å²) in [5, 5.41) is 1.59. The minimum atomic E-state index is 0. The molecule has 51 valence electrons. The quantitative estimate of drug-likeness (QED) is 0.349. The number of nitrogens with zero attached hydrogens (tertiary/aromatic N) is 1. The van der Waals surface area contributed by atoms with Crippen molar-refractivity contribution in [3.63, 3.8) is 0 Å². The van der Waals surface area contributed by atoms with Crippen LogP contribution in [0.4, 0.5) is 0 Å². The van der Waals surface area contributed by atoms with Gasteiger partial charge in [0.25, 0.3) is 0 Å². The van der Waals surface area contributed by atoms with Crippen LogP contribution < -0.4 is 0 Å². The Hall–Kier alpha value is 0.0844. The van der Waals surface area contributed by atoms with Crippen LogP contribution in [0.1, 0.15) is 0 Å². The molecule has 0 aromatic carbocycles. The fourth-order valence-electron chi connectivity index (χ4n) is 0.323. The van der Waals surface area contributed by atoms with Gasteiger partial charge >= 0.3 is 18.6 Å². The summed E-state index contributed by atoms with van der Waals surface area (Å²) in [6, 6.07) is 0. The Labute approximate surface area is 68.7 Å². The molecule has 0 unspecified atom stereocenters. The molecule has 9 heavy (non-hydrogen) atoms.